The molecule has 0 amide bonds. The minimum absolute atomic E-state index is 0.0852. The molecule has 0 bridgehead atoms. The van der Waals surface area contributed by atoms with Gasteiger partial charge < -0.3 is 14.6 Å². The van der Waals surface area contributed by atoms with Crippen molar-refractivity contribution < 1.29 is 24.2 Å². The van der Waals surface area contributed by atoms with Crippen molar-refractivity contribution in [3.05, 3.63) is 35.9 Å². The van der Waals surface area contributed by atoms with E-state index in [9.17, 15) is 14.7 Å². The molecule has 4 rings (SSSR count). The van der Waals surface area contributed by atoms with Gasteiger partial charge in [-0.3, -0.25) is 9.59 Å². The van der Waals surface area contributed by atoms with Crippen molar-refractivity contribution in [3.63, 3.8) is 0 Å². The number of hydrogen-bond donors (Lipinski definition) is 1. The molecule has 0 aliphatic heterocycles. The smallest absolute Gasteiger partial charge is 0.302 e. The number of carbonyl (C=O) groups excluding carboxylic acids is 2. The second-order valence-corrected chi connectivity index (χ2v) is 11.1. The van der Waals surface area contributed by atoms with Crippen LogP contribution in [0.3, 0.4) is 0 Å². The summed E-state index contributed by atoms with van der Waals surface area (Å²) in [5.74, 6) is 1.33. The fraction of sp³-hybridized carbons (Fsp3) is 0.655. The lowest BCUT2D eigenvalue weighted by Gasteiger charge is -2.55. The van der Waals surface area contributed by atoms with E-state index in [0.29, 0.717) is 25.2 Å². The topological polar surface area (TPSA) is 72.8 Å². The molecule has 3 aliphatic rings. The quantitative estimate of drug-likeness (QED) is 0.551. The molecule has 0 spiro atoms. The van der Waals surface area contributed by atoms with Crippen LogP contribution in [-0.4, -0.2) is 35.7 Å². The normalized spacial score (nSPS) is 38.0. The number of aliphatic hydroxyl groups is 1. The molecule has 0 saturated heterocycles. The summed E-state index contributed by atoms with van der Waals surface area (Å²) >= 11 is 0. The monoisotopic (exact) mass is 468 g/mol. The average Bonchev–Trinajstić information content (AvgIpc) is 3.10. The number of carbonyl (C=O) groups is 2. The van der Waals surface area contributed by atoms with E-state index in [4.69, 9.17) is 9.47 Å². The predicted molar refractivity (Wildman–Crippen MR) is 132 cm³/mol. The number of allylic oxidation sites excluding steroid dienone is 1. The zero-order valence-electron chi connectivity index (χ0n) is 21.1. The Hall–Kier alpha value is -2.14. The maximum absolute atomic E-state index is 12.8. The third kappa shape index (κ3) is 4.68. The molecule has 3 fully saturated rings. The van der Waals surface area contributed by atoms with E-state index < -0.39 is 0 Å². The molecule has 3 aliphatic carbocycles. The van der Waals surface area contributed by atoms with Crippen LogP contribution in [0.4, 0.5) is 0 Å². The highest BCUT2D eigenvalue weighted by atomic mass is 16.5. The van der Waals surface area contributed by atoms with Crippen molar-refractivity contribution >= 4 is 17.8 Å². The van der Waals surface area contributed by atoms with E-state index in [-0.39, 0.29) is 46.8 Å². The number of ether oxygens (including phenoxy) is 2. The highest BCUT2D eigenvalue weighted by molar-refractivity contribution is 5.87. The molecule has 2 unspecified atom stereocenters. The second kappa shape index (κ2) is 9.85. The molecule has 186 valence electrons. The number of aliphatic hydroxyl groups excluding tert-OH is 1. The summed E-state index contributed by atoms with van der Waals surface area (Å²) in [6.07, 6.45) is 9.27. The summed E-state index contributed by atoms with van der Waals surface area (Å²) in [4.78, 5) is 24.9. The standard InChI is InChI=1S/C29H40O5/c1-5-33-23-10-7-20(8-11-23)6-9-21-18-22(31)14-16-28(21,3)25-15-17-29(4)24(12-13-26(29)32)27(25)34-19(2)30/h6-11,21-22,24-25,27,31H,5,12-18H2,1-4H3/t21-,22-,24?,25?,27-,28-,29-/m0/s1. The Labute approximate surface area is 203 Å². The highest BCUT2D eigenvalue weighted by Gasteiger charge is 2.59. The maximum atomic E-state index is 12.8. The van der Waals surface area contributed by atoms with Gasteiger partial charge in [-0.1, -0.05) is 38.1 Å². The number of Topliss-reactive ketones (excluding diaryl/α,β-unsaturated/α-hetero) is 1. The van der Waals surface area contributed by atoms with Gasteiger partial charge >= 0.3 is 5.97 Å². The van der Waals surface area contributed by atoms with E-state index in [1.54, 1.807) is 0 Å². The van der Waals surface area contributed by atoms with Crippen LogP contribution in [-0.2, 0) is 14.3 Å². The molecule has 0 heterocycles. The van der Waals surface area contributed by atoms with Gasteiger partial charge in [-0.15, -0.1) is 0 Å². The molecule has 1 aromatic rings. The lowest BCUT2D eigenvalue weighted by molar-refractivity contribution is -0.174. The van der Waals surface area contributed by atoms with Crippen LogP contribution >= 0.6 is 0 Å². The first-order valence-corrected chi connectivity index (χ1v) is 13.0. The first-order valence-electron chi connectivity index (χ1n) is 13.0. The molecule has 0 aromatic heterocycles. The number of hydrogen-bond acceptors (Lipinski definition) is 5. The van der Waals surface area contributed by atoms with Gasteiger partial charge in [0, 0.05) is 30.6 Å². The van der Waals surface area contributed by atoms with Gasteiger partial charge in [-0.2, -0.15) is 0 Å². The van der Waals surface area contributed by atoms with Crippen molar-refractivity contribution in [2.45, 2.75) is 84.8 Å². The second-order valence-electron chi connectivity index (χ2n) is 11.1. The van der Waals surface area contributed by atoms with Crippen molar-refractivity contribution in [1.82, 2.24) is 0 Å². The molecule has 1 aromatic carbocycles. The van der Waals surface area contributed by atoms with Crippen molar-refractivity contribution in [3.8, 4) is 5.75 Å². The van der Waals surface area contributed by atoms with Crippen LogP contribution in [0.1, 0.15) is 78.2 Å². The van der Waals surface area contributed by atoms with Gasteiger partial charge in [0.05, 0.1) is 12.7 Å². The van der Waals surface area contributed by atoms with Crippen molar-refractivity contribution in [2.75, 3.05) is 6.61 Å². The molecule has 7 atom stereocenters. The summed E-state index contributed by atoms with van der Waals surface area (Å²) in [7, 11) is 0. The predicted octanol–water partition coefficient (Wildman–Crippen LogP) is 5.59. The Kier molecular flexibility index (Phi) is 7.23. The highest BCUT2D eigenvalue weighted by Crippen LogP contribution is 2.60. The van der Waals surface area contributed by atoms with E-state index in [2.05, 4.69) is 38.1 Å². The van der Waals surface area contributed by atoms with E-state index in [0.717, 1.165) is 43.4 Å². The molecular weight excluding hydrogens is 428 g/mol. The Bertz CT molecular complexity index is 921. The third-order valence-corrected chi connectivity index (χ3v) is 9.16. The van der Waals surface area contributed by atoms with E-state index in [1.165, 1.54) is 6.92 Å². The van der Waals surface area contributed by atoms with Gasteiger partial charge in [-0.25, -0.2) is 0 Å². The molecule has 5 heteroatoms. The van der Waals surface area contributed by atoms with Crippen molar-refractivity contribution in [1.29, 1.82) is 0 Å². The number of fused-ring (bicyclic) bond motifs is 1. The van der Waals surface area contributed by atoms with Crippen LogP contribution in [0, 0.1) is 28.6 Å². The van der Waals surface area contributed by atoms with Crippen LogP contribution in [0.25, 0.3) is 6.08 Å². The van der Waals surface area contributed by atoms with E-state index in [1.807, 2.05) is 19.1 Å². The lowest BCUT2D eigenvalue weighted by atomic mass is 9.52. The SMILES string of the molecule is CCOc1ccc(C=C[C@H]2C[C@@H](O)CC[C@]2(C)C2CC[C@]3(C)C(=O)CCC3[C@@H]2OC(C)=O)cc1. The summed E-state index contributed by atoms with van der Waals surface area (Å²) in [5.41, 5.74) is 0.600. The summed E-state index contributed by atoms with van der Waals surface area (Å²) in [6.45, 7) is 8.49. The van der Waals surface area contributed by atoms with Gasteiger partial charge in [0.2, 0.25) is 0 Å². The number of benzene rings is 1. The minimum Gasteiger partial charge on any atom is -0.494 e. The van der Waals surface area contributed by atoms with E-state index >= 15 is 0 Å². The Balaban J connectivity index is 1.62. The Morgan fingerprint density at radius 3 is 2.53 bits per heavy atom. The molecule has 3 saturated carbocycles. The molecule has 5 nitrogen and oxygen atoms in total. The molecule has 0 radical (unpaired) electrons. The fourth-order valence-electron chi connectivity index (χ4n) is 7.08. The van der Waals surface area contributed by atoms with Crippen LogP contribution in [0.5, 0.6) is 5.75 Å². The fourth-order valence-corrected chi connectivity index (χ4v) is 7.08. The van der Waals surface area contributed by atoms with Crippen LogP contribution in [0.2, 0.25) is 0 Å². The minimum atomic E-state index is -0.380. The lowest BCUT2D eigenvalue weighted by Crippen LogP contribution is -2.54. The Morgan fingerprint density at radius 1 is 1.12 bits per heavy atom. The number of rotatable bonds is 6. The molecule has 34 heavy (non-hydrogen) atoms. The Morgan fingerprint density at radius 2 is 1.85 bits per heavy atom. The van der Waals surface area contributed by atoms with Gasteiger partial charge in [0.25, 0.3) is 0 Å². The van der Waals surface area contributed by atoms with Gasteiger partial charge in [0.15, 0.2) is 0 Å². The number of esters is 1. The summed E-state index contributed by atoms with van der Waals surface area (Å²) in [5, 5.41) is 10.6. The maximum Gasteiger partial charge on any atom is 0.302 e. The average molecular weight is 469 g/mol. The zero-order valence-corrected chi connectivity index (χ0v) is 21.1. The summed E-state index contributed by atoms with van der Waals surface area (Å²) < 4.78 is 11.6. The zero-order chi connectivity index (χ0) is 24.5. The van der Waals surface area contributed by atoms with Crippen molar-refractivity contribution in [2.24, 2.45) is 28.6 Å². The number of ketones is 1. The van der Waals surface area contributed by atoms with Crippen LogP contribution < -0.4 is 4.74 Å². The third-order valence-electron chi connectivity index (χ3n) is 9.16. The molecule has 1 N–H and O–H groups in total. The largest absolute Gasteiger partial charge is 0.494 e. The first kappa shape index (κ1) is 25.0. The summed E-state index contributed by atoms with van der Waals surface area (Å²) in [6, 6.07) is 8.06. The van der Waals surface area contributed by atoms with Gasteiger partial charge in [0.1, 0.15) is 17.6 Å². The first-order chi connectivity index (χ1) is 16.2. The van der Waals surface area contributed by atoms with Crippen LogP contribution in [0.15, 0.2) is 30.3 Å². The molecular formula is C29H40O5. The van der Waals surface area contributed by atoms with Gasteiger partial charge in [-0.05, 0) is 74.5 Å².